The molecule has 3 aromatic rings. The zero-order valence-corrected chi connectivity index (χ0v) is 24.2. The number of nitro benzene ring substituents is 2. The summed E-state index contributed by atoms with van der Waals surface area (Å²) in [7, 11) is -8.31. The van der Waals surface area contributed by atoms with Crippen LogP contribution in [-0.2, 0) is 47.5 Å². The predicted molar refractivity (Wildman–Crippen MR) is 146 cm³/mol. The summed E-state index contributed by atoms with van der Waals surface area (Å²) in [6, 6.07) is 16.2. The number of methoxy groups -OCH3 is 1. The highest BCUT2D eigenvalue weighted by molar-refractivity contribution is 7.87. The monoisotopic (exact) mass is 652 g/mol. The van der Waals surface area contributed by atoms with Gasteiger partial charge < -0.3 is 18.9 Å². The number of hydrogen-bond acceptors (Lipinski definition) is 14. The number of hydrogen-bond donors (Lipinski definition) is 0. The van der Waals surface area contributed by atoms with E-state index in [-0.39, 0.29) is 18.0 Å². The summed E-state index contributed by atoms with van der Waals surface area (Å²) in [6.07, 6.45) is -8.41. The number of rotatable bonds is 10. The van der Waals surface area contributed by atoms with Crippen LogP contribution in [0.25, 0.3) is 0 Å². The van der Waals surface area contributed by atoms with E-state index in [9.17, 15) is 37.1 Å². The van der Waals surface area contributed by atoms with Crippen molar-refractivity contribution in [2.45, 2.75) is 46.8 Å². The lowest BCUT2D eigenvalue weighted by molar-refractivity contribution is -0.385. The van der Waals surface area contributed by atoms with Crippen molar-refractivity contribution in [3.8, 4) is 0 Å². The average molecular weight is 653 g/mol. The Morgan fingerprint density at radius 1 is 0.727 bits per heavy atom. The second-order valence-electron chi connectivity index (χ2n) is 9.49. The maximum Gasteiger partial charge on any atom is 0.297 e. The van der Waals surface area contributed by atoms with E-state index >= 15 is 0 Å². The maximum absolute atomic E-state index is 13.5. The minimum Gasteiger partial charge on any atom is -0.353 e. The van der Waals surface area contributed by atoms with Gasteiger partial charge in [0.2, 0.25) is 0 Å². The molecule has 0 aliphatic carbocycles. The molecule has 3 aromatic carbocycles. The van der Waals surface area contributed by atoms with Crippen molar-refractivity contribution >= 4 is 31.6 Å². The highest BCUT2D eigenvalue weighted by Crippen LogP contribution is 2.39. The van der Waals surface area contributed by atoms with Crippen LogP contribution in [0, 0.1) is 20.2 Å². The fourth-order valence-electron chi connectivity index (χ4n) is 4.60. The smallest absolute Gasteiger partial charge is 0.297 e. The third kappa shape index (κ3) is 6.61. The van der Waals surface area contributed by atoms with Gasteiger partial charge in [0.05, 0.1) is 26.2 Å². The number of benzene rings is 3. The van der Waals surface area contributed by atoms with Crippen molar-refractivity contribution in [3.05, 3.63) is 105 Å². The van der Waals surface area contributed by atoms with Gasteiger partial charge >= 0.3 is 0 Å². The molecule has 2 saturated heterocycles. The molecule has 0 spiro atoms. The van der Waals surface area contributed by atoms with Gasteiger partial charge in [-0.15, -0.1) is 0 Å². The lowest BCUT2D eigenvalue weighted by Gasteiger charge is -2.47. The Morgan fingerprint density at radius 2 is 1.23 bits per heavy atom. The Hall–Kier alpha value is -3.88. The van der Waals surface area contributed by atoms with Gasteiger partial charge in [-0.25, -0.2) is 0 Å². The second-order valence-corrected chi connectivity index (χ2v) is 12.6. The van der Waals surface area contributed by atoms with Gasteiger partial charge in [-0.3, -0.25) is 28.6 Å². The second kappa shape index (κ2) is 12.6. The summed E-state index contributed by atoms with van der Waals surface area (Å²) in [5.74, 6) is 0. The zero-order chi connectivity index (χ0) is 31.6. The largest absolute Gasteiger partial charge is 0.353 e. The van der Waals surface area contributed by atoms with Crippen molar-refractivity contribution in [1.29, 1.82) is 0 Å². The van der Waals surface area contributed by atoms with Gasteiger partial charge in [0.1, 0.15) is 18.3 Å². The van der Waals surface area contributed by atoms with Crippen molar-refractivity contribution < 1.29 is 54.0 Å². The van der Waals surface area contributed by atoms with E-state index in [0.29, 0.717) is 5.56 Å². The standard InChI is InChI=1S/C26H24N2O14S2/c1-37-26-24(42-44(35,36)20-13-9-18(10-14-20)28(31)32)23(41-43(33,34)19-11-7-17(8-12-19)27(29)30)22-21(39-26)15-38-25(40-22)16-5-3-2-4-6-16/h2-14,21-26H,15H2,1H3/t21-,22-,23+,24-,25?,26+/m1/s1. The third-order valence-electron chi connectivity index (χ3n) is 6.74. The molecule has 0 saturated carbocycles. The number of fused-ring (bicyclic) bond motifs is 1. The van der Waals surface area contributed by atoms with Gasteiger partial charge in [0.15, 0.2) is 18.7 Å². The van der Waals surface area contributed by atoms with Gasteiger partial charge in [-0.2, -0.15) is 16.8 Å². The normalized spacial score (nSPS) is 25.6. The molecule has 0 radical (unpaired) electrons. The van der Waals surface area contributed by atoms with Crippen molar-refractivity contribution in [2.75, 3.05) is 13.7 Å². The fraction of sp³-hybridized carbons (Fsp3) is 0.308. The van der Waals surface area contributed by atoms with E-state index in [0.717, 1.165) is 48.5 Å². The fourth-order valence-corrected chi connectivity index (χ4v) is 6.77. The molecule has 0 N–H and O–H groups in total. The quantitative estimate of drug-likeness (QED) is 0.175. The molecule has 2 heterocycles. The SMILES string of the molecule is CO[C@H]1O[C@@H]2COC(c3ccccc3)O[C@H]2[C@H](OS(=O)(=O)c2ccc([N+](=O)[O-])cc2)[C@H]1OS(=O)(=O)c1ccc([N+](=O)[O-])cc1. The molecule has 6 atom stereocenters. The first kappa shape index (κ1) is 31.5. The first-order chi connectivity index (χ1) is 20.9. The molecule has 2 aliphatic rings. The molecule has 16 nitrogen and oxygen atoms in total. The average Bonchev–Trinajstić information content (AvgIpc) is 3.02. The molecule has 18 heteroatoms. The molecule has 2 fully saturated rings. The number of non-ortho nitro benzene ring substituents is 2. The topological polar surface area (TPSA) is 210 Å². The van der Waals surface area contributed by atoms with E-state index in [1.807, 2.05) is 0 Å². The molecule has 2 aliphatic heterocycles. The molecule has 5 rings (SSSR count). The summed E-state index contributed by atoms with van der Waals surface area (Å²) >= 11 is 0. The number of nitro groups is 2. The highest BCUT2D eigenvalue weighted by atomic mass is 32.2. The summed E-state index contributed by atoms with van der Waals surface area (Å²) in [5, 5.41) is 22.1. The lowest BCUT2D eigenvalue weighted by atomic mass is 9.98. The van der Waals surface area contributed by atoms with Crippen LogP contribution in [0.2, 0.25) is 0 Å². The highest BCUT2D eigenvalue weighted by Gasteiger charge is 2.54. The molecule has 0 aromatic heterocycles. The lowest BCUT2D eigenvalue weighted by Crippen LogP contribution is -2.64. The Balaban J connectivity index is 1.52. The molecule has 234 valence electrons. The van der Waals surface area contributed by atoms with Crippen molar-refractivity contribution in [2.24, 2.45) is 0 Å². The van der Waals surface area contributed by atoms with E-state index in [1.165, 1.54) is 7.11 Å². The molecular weight excluding hydrogens is 628 g/mol. The Kier molecular flexibility index (Phi) is 9.05. The van der Waals surface area contributed by atoms with Crippen LogP contribution >= 0.6 is 0 Å². The van der Waals surface area contributed by atoms with Crippen LogP contribution < -0.4 is 0 Å². The van der Waals surface area contributed by atoms with Crippen molar-refractivity contribution in [1.82, 2.24) is 0 Å². The molecule has 0 amide bonds. The third-order valence-corrected chi connectivity index (χ3v) is 9.39. The van der Waals surface area contributed by atoms with Crippen LogP contribution in [0.5, 0.6) is 0 Å². The first-order valence-corrected chi connectivity index (χ1v) is 15.6. The summed E-state index contributed by atoms with van der Waals surface area (Å²) in [6.45, 7) is -0.136. The van der Waals surface area contributed by atoms with Crippen LogP contribution in [0.3, 0.4) is 0 Å². The number of nitrogens with zero attached hydrogens (tertiary/aromatic N) is 2. The first-order valence-electron chi connectivity index (χ1n) is 12.8. The van der Waals surface area contributed by atoms with E-state index in [2.05, 4.69) is 0 Å². The van der Waals surface area contributed by atoms with Gasteiger partial charge in [-0.05, 0) is 24.3 Å². The minimum atomic E-state index is -4.74. The van der Waals surface area contributed by atoms with Crippen LogP contribution in [0.4, 0.5) is 11.4 Å². The van der Waals surface area contributed by atoms with Crippen LogP contribution in [-0.4, -0.2) is 71.1 Å². The van der Waals surface area contributed by atoms with Gasteiger partial charge in [-0.1, -0.05) is 30.3 Å². The van der Waals surface area contributed by atoms with Crippen LogP contribution in [0.15, 0.2) is 88.7 Å². The van der Waals surface area contributed by atoms with Gasteiger partial charge in [0.25, 0.3) is 31.6 Å². The molecular formula is C26H24N2O14S2. The van der Waals surface area contributed by atoms with E-state index in [1.54, 1.807) is 30.3 Å². The predicted octanol–water partition coefficient (Wildman–Crippen LogP) is 2.84. The summed E-state index contributed by atoms with van der Waals surface area (Å²) in [5.41, 5.74) is -0.184. The minimum absolute atomic E-state index is 0.136. The molecule has 0 bridgehead atoms. The van der Waals surface area contributed by atoms with Crippen molar-refractivity contribution in [3.63, 3.8) is 0 Å². The Morgan fingerprint density at radius 3 is 1.70 bits per heavy atom. The number of ether oxygens (including phenoxy) is 4. The van der Waals surface area contributed by atoms with E-state index in [4.69, 9.17) is 27.3 Å². The van der Waals surface area contributed by atoms with Gasteiger partial charge in [0, 0.05) is 36.9 Å². The van der Waals surface area contributed by atoms with E-state index < -0.39 is 76.9 Å². The Labute approximate surface area is 250 Å². The molecule has 44 heavy (non-hydrogen) atoms. The zero-order valence-electron chi connectivity index (χ0n) is 22.6. The molecule has 1 unspecified atom stereocenters. The maximum atomic E-state index is 13.5. The summed E-state index contributed by atoms with van der Waals surface area (Å²) < 4.78 is 87.7. The Bertz CT molecular complexity index is 1720. The van der Waals surface area contributed by atoms with Crippen LogP contribution in [0.1, 0.15) is 11.9 Å². The summed E-state index contributed by atoms with van der Waals surface area (Å²) in [4.78, 5) is 19.7.